The molecule has 0 bridgehead atoms. The molecule has 2 N–H and O–H groups in total. The van der Waals surface area contributed by atoms with E-state index in [1.807, 2.05) is 24.3 Å². The van der Waals surface area contributed by atoms with E-state index in [0.717, 1.165) is 27.3 Å². The highest BCUT2D eigenvalue weighted by Gasteiger charge is 2.32. The molecule has 0 heterocycles. The molecule has 0 fully saturated rings. The third-order valence-corrected chi connectivity index (χ3v) is 4.63. The predicted molar refractivity (Wildman–Crippen MR) is 80.1 cm³/mol. The van der Waals surface area contributed by atoms with Crippen molar-refractivity contribution in [1.82, 2.24) is 0 Å². The lowest BCUT2D eigenvalue weighted by molar-refractivity contribution is 0.0254. The van der Waals surface area contributed by atoms with Gasteiger partial charge in [-0.05, 0) is 49.5 Å². The Bertz CT molecular complexity index is 987. The van der Waals surface area contributed by atoms with Crippen LogP contribution in [-0.4, -0.2) is 10.2 Å². The summed E-state index contributed by atoms with van der Waals surface area (Å²) >= 11 is 0. The molecule has 4 aromatic carbocycles. The molecule has 2 heteroatoms. The quantitative estimate of drug-likeness (QED) is 0.474. The van der Waals surface area contributed by atoms with E-state index in [4.69, 9.17) is 0 Å². The lowest BCUT2D eigenvalue weighted by Gasteiger charge is -2.12. The maximum absolute atomic E-state index is 10.3. The van der Waals surface area contributed by atoms with Crippen LogP contribution in [-0.2, 0) is 0 Å². The zero-order valence-corrected chi connectivity index (χ0v) is 10.7. The predicted octanol–water partition coefficient (Wildman–Crippen LogP) is 3.66. The Morgan fingerprint density at radius 1 is 0.600 bits per heavy atom. The van der Waals surface area contributed by atoms with Crippen molar-refractivity contribution >= 4 is 32.3 Å². The van der Waals surface area contributed by atoms with E-state index < -0.39 is 12.2 Å². The maximum Gasteiger partial charge on any atom is 0.110 e. The van der Waals surface area contributed by atoms with Crippen LogP contribution < -0.4 is 0 Å². The second-order valence-electron chi connectivity index (χ2n) is 5.63. The fourth-order valence-electron chi connectivity index (χ4n) is 3.73. The molecule has 0 saturated heterocycles. The zero-order valence-electron chi connectivity index (χ0n) is 10.7. The Hall–Kier alpha value is -2.16. The Kier molecular flexibility index (Phi) is 1.74. The second kappa shape index (κ2) is 3.29. The number of aliphatic hydroxyl groups is 2. The average molecular weight is 260 g/mol. The first-order chi connectivity index (χ1) is 9.75. The van der Waals surface area contributed by atoms with Gasteiger partial charge in [-0.15, -0.1) is 0 Å². The van der Waals surface area contributed by atoms with Crippen LogP contribution in [0.3, 0.4) is 0 Å². The summed E-state index contributed by atoms with van der Waals surface area (Å²) in [6.07, 6.45) is -1.63. The van der Waals surface area contributed by atoms with Crippen molar-refractivity contribution in [2.24, 2.45) is 0 Å². The fraction of sp³-hybridized carbons (Fsp3) is 0.111. The maximum atomic E-state index is 10.3. The Balaban J connectivity index is 2.19. The molecule has 0 radical (unpaired) electrons. The molecule has 4 aromatic rings. The summed E-state index contributed by atoms with van der Waals surface area (Å²) in [6.45, 7) is 0. The standard InChI is InChI=1S/C18H12O2/c19-17-12-7-6-10-5-4-9-2-1-3-11-8-13(18(17)20)16(12)15(10)14(9)11/h1-8,17-20H/t17-,18+/m0/s1. The van der Waals surface area contributed by atoms with Crippen LogP contribution >= 0.6 is 0 Å². The molecular weight excluding hydrogens is 248 g/mol. The van der Waals surface area contributed by atoms with E-state index in [1.54, 1.807) is 0 Å². The minimum Gasteiger partial charge on any atom is -0.385 e. The molecule has 0 unspecified atom stereocenters. The van der Waals surface area contributed by atoms with Gasteiger partial charge in [0, 0.05) is 0 Å². The Morgan fingerprint density at radius 2 is 1.25 bits per heavy atom. The van der Waals surface area contributed by atoms with Crippen molar-refractivity contribution < 1.29 is 10.2 Å². The van der Waals surface area contributed by atoms with E-state index in [-0.39, 0.29) is 0 Å². The molecule has 1 aliphatic carbocycles. The van der Waals surface area contributed by atoms with Crippen molar-refractivity contribution in [2.75, 3.05) is 0 Å². The molecule has 0 aromatic heterocycles. The van der Waals surface area contributed by atoms with Gasteiger partial charge in [-0.25, -0.2) is 0 Å². The zero-order chi connectivity index (χ0) is 13.4. The molecule has 20 heavy (non-hydrogen) atoms. The third kappa shape index (κ3) is 1.04. The second-order valence-corrected chi connectivity index (χ2v) is 5.63. The van der Waals surface area contributed by atoms with Gasteiger partial charge in [-0.2, -0.15) is 0 Å². The molecule has 1 aliphatic rings. The van der Waals surface area contributed by atoms with Crippen LogP contribution in [0, 0.1) is 0 Å². The van der Waals surface area contributed by atoms with Crippen LogP contribution in [0.4, 0.5) is 0 Å². The van der Waals surface area contributed by atoms with Gasteiger partial charge in [0.2, 0.25) is 0 Å². The van der Waals surface area contributed by atoms with Gasteiger partial charge in [-0.3, -0.25) is 0 Å². The molecule has 0 spiro atoms. The van der Waals surface area contributed by atoms with E-state index in [1.165, 1.54) is 16.2 Å². The highest BCUT2D eigenvalue weighted by atomic mass is 16.3. The summed E-state index contributed by atoms with van der Waals surface area (Å²) in [4.78, 5) is 0. The molecule has 96 valence electrons. The highest BCUT2D eigenvalue weighted by molar-refractivity contribution is 6.25. The van der Waals surface area contributed by atoms with Gasteiger partial charge in [0.15, 0.2) is 0 Å². The molecule has 2 nitrogen and oxygen atoms in total. The first kappa shape index (κ1) is 10.6. The van der Waals surface area contributed by atoms with E-state index in [9.17, 15) is 10.2 Å². The van der Waals surface area contributed by atoms with Crippen molar-refractivity contribution in [1.29, 1.82) is 0 Å². The normalized spacial score (nSPS) is 21.5. The molecule has 0 saturated carbocycles. The summed E-state index contributed by atoms with van der Waals surface area (Å²) < 4.78 is 0. The van der Waals surface area contributed by atoms with Gasteiger partial charge >= 0.3 is 0 Å². The van der Waals surface area contributed by atoms with Gasteiger partial charge in [0.25, 0.3) is 0 Å². The Labute approximate surface area is 115 Å². The summed E-state index contributed by atoms with van der Waals surface area (Å²) in [5.41, 5.74) is 1.70. The topological polar surface area (TPSA) is 40.5 Å². The fourth-order valence-corrected chi connectivity index (χ4v) is 3.73. The summed E-state index contributed by atoms with van der Waals surface area (Å²) in [6, 6.07) is 16.5. The van der Waals surface area contributed by atoms with E-state index >= 15 is 0 Å². The third-order valence-electron chi connectivity index (χ3n) is 4.63. The SMILES string of the molecule is O[C@@H]1c2cc3cccc4ccc5ccc(c2c5c43)[C@@H]1O. The van der Waals surface area contributed by atoms with Crippen LogP contribution in [0.5, 0.6) is 0 Å². The summed E-state index contributed by atoms with van der Waals surface area (Å²) in [5, 5.41) is 27.5. The van der Waals surface area contributed by atoms with Crippen LogP contribution in [0.1, 0.15) is 23.3 Å². The molecular formula is C18H12O2. The minimum absolute atomic E-state index is 0.815. The van der Waals surface area contributed by atoms with Crippen LogP contribution in [0.25, 0.3) is 32.3 Å². The van der Waals surface area contributed by atoms with E-state index in [0.29, 0.717) is 0 Å². The van der Waals surface area contributed by atoms with Gasteiger partial charge in [0.1, 0.15) is 12.2 Å². The average Bonchev–Trinajstić information content (AvgIpc) is 2.73. The van der Waals surface area contributed by atoms with Gasteiger partial charge in [-0.1, -0.05) is 42.5 Å². The Morgan fingerprint density at radius 3 is 2.10 bits per heavy atom. The number of benzene rings is 4. The molecule has 2 atom stereocenters. The number of hydrogen-bond acceptors (Lipinski definition) is 2. The lowest BCUT2D eigenvalue weighted by Crippen LogP contribution is -2.02. The minimum atomic E-state index is -0.820. The van der Waals surface area contributed by atoms with Gasteiger partial charge in [0.05, 0.1) is 0 Å². The largest absolute Gasteiger partial charge is 0.385 e. The van der Waals surface area contributed by atoms with Crippen molar-refractivity contribution in [3.05, 3.63) is 59.7 Å². The first-order valence-electron chi connectivity index (χ1n) is 6.82. The van der Waals surface area contributed by atoms with Crippen LogP contribution in [0.15, 0.2) is 48.5 Å². The summed E-state index contributed by atoms with van der Waals surface area (Å²) in [5.74, 6) is 0. The summed E-state index contributed by atoms with van der Waals surface area (Å²) in [7, 11) is 0. The number of rotatable bonds is 0. The number of aliphatic hydroxyl groups excluding tert-OH is 2. The molecule has 0 aliphatic heterocycles. The first-order valence-corrected chi connectivity index (χ1v) is 6.82. The highest BCUT2D eigenvalue weighted by Crippen LogP contribution is 2.48. The molecule has 0 amide bonds. The van der Waals surface area contributed by atoms with Crippen LogP contribution in [0.2, 0.25) is 0 Å². The lowest BCUT2D eigenvalue weighted by atomic mass is 9.91. The smallest absolute Gasteiger partial charge is 0.110 e. The monoisotopic (exact) mass is 260 g/mol. The van der Waals surface area contributed by atoms with Crippen molar-refractivity contribution in [2.45, 2.75) is 12.2 Å². The molecule has 5 rings (SSSR count). The van der Waals surface area contributed by atoms with Gasteiger partial charge < -0.3 is 10.2 Å². The van der Waals surface area contributed by atoms with E-state index in [2.05, 4.69) is 24.3 Å². The number of hydrogen-bond donors (Lipinski definition) is 2. The van der Waals surface area contributed by atoms with Crippen molar-refractivity contribution in [3.63, 3.8) is 0 Å². The van der Waals surface area contributed by atoms with Crippen molar-refractivity contribution in [3.8, 4) is 0 Å².